The number of nitrogens with one attached hydrogen (secondary N) is 1. The van der Waals surface area contributed by atoms with Gasteiger partial charge >= 0.3 is 5.97 Å². The van der Waals surface area contributed by atoms with Crippen LogP contribution in [-0.4, -0.2) is 24.8 Å². The molecule has 0 bridgehead atoms. The van der Waals surface area contributed by atoms with Crippen LogP contribution in [-0.2, 0) is 14.9 Å². The van der Waals surface area contributed by atoms with Gasteiger partial charge in [0.15, 0.2) is 17.6 Å². The summed E-state index contributed by atoms with van der Waals surface area (Å²) in [6.45, 7) is 7.99. The molecule has 0 aliphatic carbocycles. The fraction of sp³-hybridized carbons (Fsp3) is 0.333. The first kappa shape index (κ1) is 18.8. The fourth-order valence-corrected chi connectivity index (χ4v) is 2.61. The number of rotatable bonds is 4. The van der Waals surface area contributed by atoms with Crippen molar-refractivity contribution in [3.63, 3.8) is 0 Å². The lowest BCUT2D eigenvalue weighted by molar-refractivity contribution is -0.123. The first-order chi connectivity index (χ1) is 12.7. The number of ether oxygens (including phenoxy) is 3. The molecule has 1 N–H and O–H groups in total. The van der Waals surface area contributed by atoms with Crippen molar-refractivity contribution in [1.82, 2.24) is 0 Å². The Balaban J connectivity index is 1.59. The van der Waals surface area contributed by atoms with Gasteiger partial charge in [0.25, 0.3) is 5.91 Å². The fourth-order valence-electron chi connectivity index (χ4n) is 2.61. The molecule has 1 aliphatic rings. The number of hydrogen-bond donors (Lipinski definition) is 1. The molecule has 1 atom stereocenters. The smallest absolute Gasteiger partial charge is 0.338 e. The number of hydrogen-bond acceptors (Lipinski definition) is 5. The summed E-state index contributed by atoms with van der Waals surface area (Å²) in [5.74, 6) is 0.236. The van der Waals surface area contributed by atoms with E-state index >= 15 is 0 Å². The van der Waals surface area contributed by atoms with Crippen LogP contribution in [0.3, 0.4) is 0 Å². The van der Waals surface area contributed by atoms with Crippen LogP contribution in [0.1, 0.15) is 43.6 Å². The van der Waals surface area contributed by atoms with E-state index < -0.39 is 18.0 Å². The van der Waals surface area contributed by atoms with Crippen LogP contribution in [0.2, 0.25) is 0 Å². The van der Waals surface area contributed by atoms with E-state index in [4.69, 9.17) is 14.2 Å². The average molecular weight is 369 g/mol. The molecule has 27 heavy (non-hydrogen) atoms. The summed E-state index contributed by atoms with van der Waals surface area (Å²) in [7, 11) is 0. The highest BCUT2D eigenvalue weighted by atomic mass is 16.7. The van der Waals surface area contributed by atoms with Gasteiger partial charge in [-0.25, -0.2) is 4.79 Å². The molecule has 0 aromatic heterocycles. The van der Waals surface area contributed by atoms with Crippen LogP contribution in [0.5, 0.6) is 11.5 Å². The van der Waals surface area contributed by atoms with E-state index in [2.05, 4.69) is 26.1 Å². The zero-order chi connectivity index (χ0) is 19.6. The van der Waals surface area contributed by atoms with Gasteiger partial charge in [-0.3, -0.25) is 4.79 Å². The first-order valence-electron chi connectivity index (χ1n) is 8.76. The predicted octanol–water partition coefficient (Wildman–Crippen LogP) is 3.90. The van der Waals surface area contributed by atoms with Gasteiger partial charge in [0.1, 0.15) is 0 Å². The summed E-state index contributed by atoms with van der Waals surface area (Å²) in [6.07, 6.45) is -0.940. The molecular weight excluding hydrogens is 346 g/mol. The molecule has 142 valence electrons. The Kier molecular flexibility index (Phi) is 5.08. The number of carbonyl (C=O) groups excluding carboxylic acids is 2. The molecule has 6 heteroatoms. The summed E-state index contributed by atoms with van der Waals surface area (Å²) < 4.78 is 15.8. The van der Waals surface area contributed by atoms with Crippen molar-refractivity contribution in [2.24, 2.45) is 0 Å². The van der Waals surface area contributed by atoms with Crippen molar-refractivity contribution in [3.05, 3.63) is 53.6 Å². The highest BCUT2D eigenvalue weighted by Gasteiger charge is 2.21. The third kappa shape index (κ3) is 4.39. The standard InChI is InChI=1S/C21H23NO5/c1-13(19(23)22-16-9-10-17-18(11-16)26-12-25-17)27-20(24)14-5-7-15(8-6-14)21(2,3)4/h5-11,13H,12H2,1-4H3,(H,22,23). The van der Waals surface area contributed by atoms with Crippen LogP contribution in [0.25, 0.3) is 0 Å². The minimum absolute atomic E-state index is 0.000225. The molecule has 1 aliphatic heterocycles. The minimum atomic E-state index is -0.940. The van der Waals surface area contributed by atoms with Crippen molar-refractivity contribution >= 4 is 17.6 Å². The van der Waals surface area contributed by atoms with E-state index in [1.54, 1.807) is 30.3 Å². The minimum Gasteiger partial charge on any atom is -0.454 e. The number of esters is 1. The normalized spacial score (nSPS) is 13.8. The third-order valence-corrected chi connectivity index (χ3v) is 4.28. The second-order valence-electron chi connectivity index (χ2n) is 7.43. The average Bonchev–Trinajstić information content (AvgIpc) is 3.08. The highest BCUT2D eigenvalue weighted by molar-refractivity contribution is 5.97. The van der Waals surface area contributed by atoms with Crippen LogP contribution < -0.4 is 14.8 Å². The Morgan fingerprint density at radius 2 is 1.70 bits per heavy atom. The van der Waals surface area contributed by atoms with Crippen molar-refractivity contribution < 1.29 is 23.8 Å². The van der Waals surface area contributed by atoms with Gasteiger partial charge < -0.3 is 19.5 Å². The van der Waals surface area contributed by atoms with Gasteiger partial charge in [-0.15, -0.1) is 0 Å². The second kappa shape index (κ2) is 7.31. The zero-order valence-corrected chi connectivity index (χ0v) is 15.9. The SMILES string of the molecule is CC(OC(=O)c1ccc(C(C)(C)C)cc1)C(=O)Nc1ccc2c(c1)OCO2. The van der Waals surface area contributed by atoms with E-state index in [0.717, 1.165) is 5.56 Å². The van der Waals surface area contributed by atoms with E-state index in [1.165, 1.54) is 6.92 Å². The molecule has 0 saturated heterocycles. The third-order valence-electron chi connectivity index (χ3n) is 4.28. The number of benzene rings is 2. The van der Waals surface area contributed by atoms with Crippen molar-refractivity contribution in [1.29, 1.82) is 0 Å². The molecule has 0 radical (unpaired) electrons. The lowest BCUT2D eigenvalue weighted by atomic mass is 9.87. The maximum Gasteiger partial charge on any atom is 0.338 e. The summed E-state index contributed by atoms with van der Waals surface area (Å²) in [5.41, 5.74) is 2.07. The molecule has 2 aromatic carbocycles. The zero-order valence-electron chi connectivity index (χ0n) is 15.9. The van der Waals surface area contributed by atoms with Gasteiger partial charge in [0.2, 0.25) is 6.79 Å². The molecule has 6 nitrogen and oxygen atoms in total. The molecule has 3 rings (SSSR count). The van der Waals surface area contributed by atoms with Crippen molar-refractivity contribution in [2.75, 3.05) is 12.1 Å². The molecule has 1 heterocycles. The lowest BCUT2D eigenvalue weighted by Crippen LogP contribution is -2.30. The molecule has 1 unspecified atom stereocenters. The molecule has 1 amide bonds. The number of fused-ring (bicyclic) bond motifs is 1. The van der Waals surface area contributed by atoms with Gasteiger partial charge in [-0.05, 0) is 42.2 Å². The Morgan fingerprint density at radius 1 is 1.04 bits per heavy atom. The molecule has 0 fully saturated rings. The highest BCUT2D eigenvalue weighted by Crippen LogP contribution is 2.34. The molecule has 0 saturated carbocycles. The quantitative estimate of drug-likeness (QED) is 0.828. The summed E-state index contributed by atoms with van der Waals surface area (Å²) >= 11 is 0. The van der Waals surface area contributed by atoms with Gasteiger partial charge in [-0.2, -0.15) is 0 Å². The van der Waals surface area contributed by atoms with Gasteiger partial charge in [0, 0.05) is 11.8 Å². The van der Waals surface area contributed by atoms with E-state index in [0.29, 0.717) is 22.7 Å². The van der Waals surface area contributed by atoms with Crippen LogP contribution in [0.15, 0.2) is 42.5 Å². The Labute approximate surface area is 158 Å². The van der Waals surface area contributed by atoms with Crippen LogP contribution in [0.4, 0.5) is 5.69 Å². The summed E-state index contributed by atoms with van der Waals surface area (Å²) in [5, 5.41) is 2.71. The summed E-state index contributed by atoms with van der Waals surface area (Å²) in [6, 6.07) is 12.3. The molecule has 2 aromatic rings. The largest absolute Gasteiger partial charge is 0.454 e. The van der Waals surface area contributed by atoms with E-state index in [-0.39, 0.29) is 12.2 Å². The summed E-state index contributed by atoms with van der Waals surface area (Å²) in [4.78, 5) is 24.6. The Hall–Kier alpha value is -3.02. The Bertz CT molecular complexity index is 852. The van der Waals surface area contributed by atoms with Gasteiger partial charge in [-0.1, -0.05) is 32.9 Å². The Morgan fingerprint density at radius 3 is 2.37 bits per heavy atom. The molecule has 0 spiro atoms. The van der Waals surface area contributed by atoms with Gasteiger partial charge in [0.05, 0.1) is 5.56 Å². The number of amides is 1. The lowest BCUT2D eigenvalue weighted by Gasteiger charge is -2.19. The topological polar surface area (TPSA) is 73.9 Å². The maximum atomic E-state index is 12.3. The van der Waals surface area contributed by atoms with E-state index in [1.807, 2.05) is 12.1 Å². The number of carbonyl (C=O) groups is 2. The van der Waals surface area contributed by atoms with E-state index in [9.17, 15) is 9.59 Å². The predicted molar refractivity (Wildman–Crippen MR) is 101 cm³/mol. The molecular formula is C21H23NO5. The first-order valence-corrected chi connectivity index (χ1v) is 8.76. The van der Waals surface area contributed by atoms with Crippen molar-refractivity contribution in [2.45, 2.75) is 39.2 Å². The van der Waals surface area contributed by atoms with Crippen LogP contribution in [0, 0.1) is 0 Å². The van der Waals surface area contributed by atoms with Crippen molar-refractivity contribution in [3.8, 4) is 11.5 Å². The van der Waals surface area contributed by atoms with Crippen LogP contribution >= 0.6 is 0 Å². The number of anilines is 1. The maximum absolute atomic E-state index is 12.3. The monoisotopic (exact) mass is 369 g/mol. The second-order valence-corrected chi connectivity index (χ2v) is 7.43.